The summed E-state index contributed by atoms with van der Waals surface area (Å²) in [4.78, 5) is 11.4. The second-order valence-electron chi connectivity index (χ2n) is 3.64. The maximum absolute atomic E-state index is 11.4. The van der Waals surface area contributed by atoms with E-state index in [1.54, 1.807) is 19.2 Å². The minimum atomic E-state index is -0.137. The highest BCUT2D eigenvalue weighted by Gasteiger charge is 2.06. The van der Waals surface area contributed by atoms with Crippen LogP contribution in [0.3, 0.4) is 0 Å². The second-order valence-corrected chi connectivity index (χ2v) is 3.64. The van der Waals surface area contributed by atoms with Gasteiger partial charge in [-0.3, -0.25) is 4.79 Å². The molecule has 0 aromatic carbocycles. The van der Waals surface area contributed by atoms with Crippen LogP contribution in [0, 0.1) is 0 Å². The third-order valence-electron chi connectivity index (χ3n) is 2.31. The van der Waals surface area contributed by atoms with E-state index in [2.05, 4.69) is 5.32 Å². The van der Waals surface area contributed by atoms with Crippen molar-refractivity contribution in [3.63, 3.8) is 0 Å². The van der Waals surface area contributed by atoms with E-state index in [0.29, 0.717) is 12.3 Å². The molecule has 90 valence electrons. The zero-order chi connectivity index (χ0) is 11.6. The molecule has 0 bridgehead atoms. The molecule has 4 nitrogen and oxygen atoms in total. The molecule has 4 heteroatoms. The van der Waals surface area contributed by atoms with E-state index < -0.39 is 0 Å². The van der Waals surface area contributed by atoms with Gasteiger partial charge >= 0.3 is 0 Å². The highest BCUT2D eigenvalue weighted by Crippen LogP contribution is 2.01. The van der Waals surface area contributed by atoms with Gasteiger partial charge in [-0.15, -0.1) is 0 Å². The summed E-state index contributed by atoms with van der Waals surface area (Å²) >= 11 is 0. The molecule has 1 amide bonds. The first-order valence-corrected chi connectivity index (χ1v) is 5.65. The Morgan fingerprint density at radius 1 is 1.38 bits per heavy atom. The van der Waals surface area contributed by atoms with Crippen molar-refractivity contribution < 1.29 is 13.9 Å². The Morgan fingerprint density at radius 2 is 2.19 bits per heavy atom. The summed E-state index contributed by atoms with van der Waals surface area (Å²) in [6.45, 7) is 1.52. The molecule has 1 aromatic heterocycles. The Bertz CT molecular complexity index is 282. The summed E-state index contributed by atoms with van der Waals surface area (Å²) < 4.78 is 9.93. The maximum Gasteiger partial charge on any atom is 0.286 e. The number of ether oxygens (including phenoxy) is 1. The molecule has 0 unspecified atom stereocenters. The van der Waals surface area contributed by atoms with Crippen molar-refractivity contribution >= 4 is 5.91 Å². The van der Waals surface area contributed by atoms with E-state index in [4.69, 9.17) is 9.15 Å². The van der Waals surface area contributed by atoms with Crippen molar-refractivity contribution in [1.29, 1.82) is 0 Å². The fourth-order valence-corrected chi connectivity index (χ4v) is 1.42. The SMILES string of the molecule is COCCCCCCNC(=O)c1ccco1. The third-order valence-corrected chi connectivity index (χ3v) is 2.31. The van der Waals surface area contributed by atoms with E-state index in [-0.39, 0.29) is 5.91 Å². The van der Waals surface area contributed by atoms with Gasteiger partial charge in [0.2, 0.25) is 0 Å². The Labute approximate surface area is 96.0 Å². The quantitative estimate of drug-likeness (QED) is 0.690. The van der Waals surface area contributed by atoms with Crippen LogP contribution in [-0.2, 0) is 4.74 Å². The van der Waals surface area contributed by atoms with Gasteiger partial charge in [-0.05, 0) is 25.0 Å². The van der Waals surface area contributed by atoms with Crippen LogP contribution < -0.4 is 5.32 Å². The average Bonchev–Trinajstić information content (AvgIpc) is 2.81. The zero-order valence-electron chi connectivity index (χ0n) is 9.70. The molecule has 0 aliphatic rings. The Balaban J connectivity index is 1.97. The molecule has 16 heavy (non-hydrogen) atoms. The molecule has 1 aromatic rings. The van der Waals surface area contributed by atoms with E-state index in [0.717, 1.165) is 32.3 Å². The Kier molecular flexibility index (Phi) is 6.33. The van der Waals surface area contributed by atoms with Gasteiger partial charge in [0.05, 0.1) is 6.26 Å². The number of hydrogen-bond donors (Lipinski definition) is 1. The van der Waals surface area contributed by atoms with Crippen molar-refractivity contribution in [1.82, 2.24) is 5.32 Å². The third kappa shape index (κ3) is 4.98. The first-order chi connectivity index (χ1) is 7.84. The first-order valence-electron chi connectivity index (χ1n) is 5.65. The van der Waals surface area contributed by atoms with Gasteiger partial charge in [0.25, 0.3) is 5.91 Å². The van der Waals surface area contributed by atoms with Crippen LogP contribution in [0.4, 0.5) is 0 Å². The number of furan rings is 1. The van der Waals surface area contributed by atoms with Crippen molar-refractivity contribution in [3.8, 4) is 0 Å². The predicted octanol–water partition coefficient (Wildman–Crippen LogP) is 2.22. The van der Waals surface area contributed by atoms with Gasteiger partial charge in [-0.2, -0.15) is 0 Å². The van der Waals surface area contributed by atoms with Gasteiger partial charge < -0.3 is 14.5 Å². The van der Waals surface area contributed by atoms with E-state index >= 15 is 0 Å². The summed E-state index contributed by atoms with van der Waals surface area (Å²) in [7, 11) is 1.71. The summed E-state index contributed by atoms with van der Waals surface area (Å²) in [5.41, 5.74) is 0. The van der Waals surface area contributed by atoms with Crippen LogP contribution in [0.1, 0.15) is 36.2 Å². The lowest BCUT2D eigenvalue weighted by Crippen LogP contribution is -2.23. The average molecular weight is 225 g/mol. The molecule has 0 spiro atoms. The van der Waals surface area contributed by atoms with E-state index in [1.165, 1.54) is 6.26 Å². The standard InChI is InChI=1S/C12H19NO3/c1-15-9-5-3-2-4-8-13-12(14)11-7-6-10-16-11/h6-7,10H,2-5,8-9H2,1H3,(H,13,14). The highest BCUT2D eigenvalue weighted by molar-refractivity contribution is 5.91. The highest BCUT2D eigenvalue weighted by atomic mass is 16.5. The lowest BCUT2D eigenvalue weighted by atomic mass is 10.2. The minimum absolute atomic E-state index is 0.137. The Hall–Kier alpha value is -1.29. The van der Waals surface area contributed by atoms with Crippen LogP contribution in [0.15, 0.2) is 22.8 Å². The molecule has 0 atom stereocenters. The lowest BCUT2D eigenvalue weighted by Gasteiger charge is -2.03. The van der Waals surface area contributed by atoms with E-state index in [1.807, 2.05) is 0 Å². The number of hydrogen-bond acceptors (Lipinski definition) is 3. The number of rotatable bonds is 8. The fourth-order valence-electron chi connectivity index (χ4n) is 1.42. The van der Waals surface area contributed by atoms with Crippen LogP contribution in [0.2, 0.25) is 0 Å². The number of methoxy groups -OCH3 is 1. The number of amides is 1. The summed E-state index contributed by atoms with van der Waals surface area (Å²) in [6, 6.07) is 3.37. The number of carbonyl (C=O) groups is 1. The van der Waals surface area contributed by atoms with Crippen molar-refractivity contribution in [2.75, 3.05) is 20.3 Å². The second kappa shape index (κ2) is 7.93. The molecule has 0 radical (unpaired) electrons. The van der Waals surface area contributed by atoms with Crippen molar-refractivity contribution in [3.05, 3.63) is 24.2 Å². The molecule has 1 N–H and O–H groups in total. The number of unbranched alkanes of at least 4 members (excludes halogenated alkanes) is 3. The van der Waals surface area contributed by atoms with E-state index in [9.17, 15) is 4.79 Å². The van der Waals surface area contributed by atoms with Gasteiger partial charge in [0.15, 0.2) is 5.76 Å². The molecule has 1 heterocycles. The predicted molar refractivity (Wildman–Crippen MR) is 61.4 cm³/mol. The normalized spacial score (nSPS) is 10.3. The number of nitrogens with one attached hydrogen (secondary N) is 1. The van der Waals surface area contributed by atoms with Crippen molar-refractivity contribution in [2.45, 2.75) is 25.7 Å². The molecular formula is C12H19NO3. The van der Waals surface area contributed by atoms with Crippen molar-refractivity contribution in [2.24, 2.45) is 0 Å². The zero-order valence-corrected chi connectivity index (χ0v) is 9.70. The van der Waals surface area contributed by atoms with Gasteiger partial charge in [-0.25, -0.2) is 0 Å². The molecule has 0 saturated heterocycles. The van der Waals surface area contributed by atoms with Crippen LogP contribution in [0.5, 0.6) is 0 Å². The largest absolute Gasteiger partial charge is 0.459 e. The summed E-state index contributed by atoms with van der Waals surface area (Å²) in [5.74, 6) is 0.237. The van der Waals surface area contributed by atoms with Crippen LogP contribution in [0.25, 0.3) is 0 Å². The minimum Gasteiger partial charge on any atom is -0.459 e. The monoisotopic (exact) mass is 225 g/mol. The fraction of sp³-hybridized carbons (Fsp3) is 0.583. The summed E-state index contributed by atoms with van der Waals surface area (Å²) in [6.07, 6.45) is 5.84. The van der Waals surface area contributed by atoms with Crippen LogP contribution >= 0.6 is 0 Å². The molecule has 0 aliphatic heterocycles. The summed E-state index contributed by atoms with van der Waals surface area (Å²) in [5, 5.41) is 2.81. The maximum atomic E-state index is 11.4. The smallest absolute Gasteiger partial charge is 0.286 e. The van der Waals surface area contributed by atoms with Crippen LogP contribution in [-0.4, -0.2) is 26.2 Å². The van der Waals surface area contributed by atoms with Gasteiger partial charge in [-0.1, -0.05) is 12.8 Å². The molecule has 0 saturated carbocycles. The number of carbonyl (C=O) groups excluding carboxylic acids is 1. The lowest BCUT2D eigenvalue weighted by molar-refractivity contribution is 0.0925. The first kappa shape index (κ1) is 12.8. The molecule has 1 rings (SSSR count). The molecular weight excluding hydrogens is 206 g/mol. The Morgan fingerprint density at radius 3 is 2.88 bits per heavy atom. The molecule has 0 aliphatic carbocycles. The van der Waals surface area contributed by atoms with Gasteiger partial charge in [0, 0.05) is 20.3 Å². The topological polar surface area (TPSA) is 51.5 Å². The van der Waals surface area contributed by atoms with Gasteiger partial charge in [0.1, 0.15) is 0 Å². The molecule has 0 fully saturated rings.